The smallest absolute Gasteiger partial charge is 0.286 e. The zero-order valence-electron chi connectivity index (χ0n) is 12.7. The van der Waals surface area contributed by atoms with Crippen LogP contribution in [0.15, 0.2) is 36.4 Å². The van der Waals surface area contributed by atoms with E-state index < -0.39 is 17.8 Å². The van der Waals surface area contributed by atoms with Crippen LogP contribution in [0.4, 0.5) is 13.2 Å². The van der Waals surface area contributed by atoms with E-state index >= 15 is 0 Å². The molecule has 1 aromatic rings. The molecule has 0 saturated carbocycles. The number of nitrogens with zero attached hydrogens (tertiary/aromatic N) is 1. The minimum Gasteiger partial charge on any atom is -0.286 e. The number of halogens is 3. The second-order valence-corrected chi connectivity index (χ2v) is 5.63. The topological polar surface area (TPSA) is 3.24 Å². The van der Waals surface area contributed by atoms with Crippen LogP contribution in [0.3, 0.4) is 0 Å². The number of benzene rings is 1. The molecule has 1 atom stereocenters. The van der Waals surface area contributed by atoms with Gasteiger partial charge in [-0.3, -0.25) is 4.90 Å². The van der Waals surface area contributed by atoms with Gasteiger partial charge in [0.15, 0.2) is 0 Å². The number of hydrogen-bond acceptors (Lipinski definition) is 1. The van der Waals surface area contributed by atoms with E-state index in [2.05, 4.69) is 18.4 Å². The SMILES string of the molecule is C=C(C)C#CC(c1ccccc1C(F)(F)F)N1CCCCC1. The van der Waals surface area contributed by atoms with Gasteiger partial charge in [0.25, 0.3) is 0 Å². The van der Waals surface area contributed by atoms with Crippen LogP contribution in [0.1, 0.15) is 43.4 Å². The maximum Gasteiger partial charge on any atom is 0.416 e. The molecule has 0 amide bonds. The Morgan fingerprint density at radius 1 is 1.18 bits per heavy atom. The molecular weight excluding hydrogens is 287 g/mol. The zero-order chi connectivity index (χ0) is 16.2. The second-order valence-electron chi connectivity index (χ2n) is 5.63. The molecule has 4 heteroatoms. The maximum absolute atomic E-state index is 13.3. The summed E-state index contributed by atoms with van der Waals surface area (Å²) >= 11 is 0. The van der Waals surface area contributed by atoms with Gasteiger partial charge in [-0.05, 0) is 50.1 Å². The highest BCUT2D eigenvalue weighted by atomic mass is 19.4. The van der Waals surface area contributed by atoms with Gasteiger partial charge in [0, 0.05) is 0 Å². The van der Waals surface area contributed by atoms with Crippen LogP contribution < -0.4 is 0 Å². The second kappa shape index (κ2) is 7.02. The van der Waals surface area contributed by atoms with E-state index in [9.17, 15) is 13.2 Å². The first-order valence-electron chi connectivity index (χ1n) is 7.47. The van der Waals surface area contributed by atoms with Crippen molar-refractivity contribution in [3.63, 3.8) is 0 Å². The van der Waals surface area contributed by atoms with Crippen LogP contribution in [0, 0.1) is 11.8 Å². The molecule has 0 N–H and O–H groups in total. The van der Waals surface area contributed by atoms with Gasteiger partial charge in [-0.25, -0.2) is 0 Å². The van der Waals surface area contributed by atoms with E-state index in [1.165, 1.54) is 12.1 Å². The van der Waals surface area contributed by atoms with E-state index in [1.807, 2.05) is 4.90 Å². The Bertz CT molecular complexity index is 586. The normalized spacial score (nSPS) is 17.5. The highest BCUT2D eigenvalue weighted by Crippen LogP contribution is 2.36. The number of alkyl halides is 3. The molecule has 1 heterocycles. The van der Waals surface area contributed by atoms with Gasteiger partial charge >= 0.3 is 6.18 Å². The summed E-state index contributed by atoms with van der Waals surface area (Å²) in [5.41, 5.74) is 0.304. The lowest BCUT2D eigenvalue weighted by Crippen LogP contribution is -2.34. The summed E-state index contributed by atoms with van der Waals surface area (Å²) < 4.78 is 39.9. The summed E-state index contributed by atoms with van der Waals surface area (Å²) in [7, 11) is 0. The first-order chi connectivity index (χ1) is 10.4. The standard InChI is InChI=1S/C18H20F3N/c1-14(2)10-11-17(22-12-6-3-7-13-22)15-8-4-5-9-16(15)18(19,20)21/h4-5,8-9,17H,1,3,6-7,12-13H2,2H3. The lowest BCUT2D eigenvalue weighted by molar-refractivity contribution is -0.138. The predicted octanol–water partition coefficient (Wildman–Crippen LogP) is 4.81. The van der Waals surface area contributed by atoms with Crippen molar-refractivity contribution in [2.45, 2.75) is 38.4 Å². The Balaban J connectivity index is 2.45. The Hall–Kier alpha value is -1.73. The Labute approximate surface area is 129 Å². The van der Waals surface area contributed by atoms with Gasteiger partial charge in [0.05, 0.1) is 11.6 Å². The Morgan fingerprint density at radius 2 is 1.82 bits per heavy atom. The number of piperidine rings is 1. The van der Waals surface area contributed by atoms with Gasteiger partial charge in [-0.1, -0.05) is 43.0 Å². The molecule has 118 valence electrons. The lowest BCUT2D eigenvalue weighted by atomic mass is 9.96. The van der Waals surface area contributed by atoms with E-state index in [0.29, 0.717) is 5.57 Å². The van der Waals surface area contributed by atoms with Crippen molar-refractivity contribution >= 4 is 0 Å². The zero-order valence-corrected chi connectivity index (χ0v) is 12.7. The molecular formula is C18H20F3N. The third-order valence-electron chi connectivity index (χ3n) is 3.74. The van der Waals surface area contributed by atoms with Crippen molar-refractivity contribution in [1.82, 2.24) is 4.90 Å². The molecule has 0 aromatic heterocycles. The Kier molecular flexibility index (Phi) is 5.31. The summed E-state index contributed by atoms with van der Waals surface area (Å²) in [5, 5.41) is 0. The van der Waals surface area contributed by atoms with Crippen LogP contribution >= 0.6 is 0 Å². The average molecular weight is 307 g/mol. The van der Waals surface area contributed by atoms with E-state index in [-0.39, 0.29) is 5.56 Å². The highest BCUT2D eigenvalue weighted by Gasteiger charge is 2.36. The average Bonchev–Trinajstić information content (AvgIpc) is 2.48. The Morgan fingerprint density at radius 3 is 2.41 bits per heavy atom. The van der Waals surface area contributed by atoms with Gasteiger partial charge in [-0.2, -0.15) is 13.2 Å². The molecule has 0 aliphatic carbocycles. The van der Waals surface area contributed by atoms with Gasteiger partial charge in [0.1, 0.15) is 0 Å². The fourth-order valence-electron chi connectivity index (χ4n) is 2.73. The highest BCUT2D eigenvalue weighted by molar-refractivity contribution is 5.39. The van der Waals surface area contributed by atoms with Crippen molar-refractivity contribution in [2.24, 2.45) is 0 Å². The van der Waals surface area contributed by atoms with Gasteiger partial charge in [-0.15, -0.1) is 0 Å². The maximum atomic E-state index is 13.3. The molecule has 1 aliphatic heterocycles. The molecule has 0 bridgehead atoms. The number of allylic oxidation sites excluding steroid dienone is 1. The quantitative estimate of drug-likeness (QED) is 0.709. The van der Waals surface area contributed by atoms with E-state index in [1.54, 1.807) is 13.0 Å². The molecule has 1 aliphatic rings. The third-order valence-corrected chi connectivity index (χ3v) is 3.74. The van der Waals surface area contributed by atoms with Crippen LogP contribution in [-0.4, -0.2) is 18.0 Å². The molecule has 1 saturated heterocycles. The van der Waals surface area contributed by atoms with Crippen molar-refractivity contribution in [2.75, 3.05) is 13.1 Å². The van der Waals surface area contributed by atoms with Crippen molar-refractivity contribution in [3.05, 3.63) is 47.5 Å². The molecule has 0 spiro atoms. The molecule has 1 aromatic carbocycles. The third kappa shape index (κ3) is 4.14. The van der Waals surface area contributed by atoms with E-state index in [4.69, 9.17) is 0 Å². The number of likely N-dealkylation sites (tertiary alicyclic amines) is 1. The number of hydrogen-bond donors (Lipinski definition) is 0. The van der Waals surface area contributed by atoms with Crippen LogP contribution in [0.2, 0.25) is 0 Å². The molecule has 22 heavy (non-hydrogen) atoms. The monoisotopic (exact) mass is 307 g/mol. The minimum atomic E-state index is -4.37. The summed E-state index contributed by atoms with van der Waals surface area (Å²) in [6.07, 6.45) is -1.24. The molecule has 2 rings (SSSR count). The van der Waals surface area contributed by atoms with Crippen LogP contribution in [-0.2, 0) is 6.18 Å². The summed E-state index contributed by atoms with van der Waals surface area (Å²) in [4.78, 5) is 2.05. The lowest BCUT2D eigenvalue weighted by Gasteiger charge is -2.33. The first-order valence-corrected chi connectivity index (χ1v) is 7.47. The summed E-state index contributed by atoms with van der Waals surface area (Å²) in [6.45, 7) is 7.04. The largest absolute Gasteiger partial charge is 0.416 e. The number of rotatable bonds is 2. The predicted molar refractivity (Wildman–Crippen MR) is 82.2 cm³/mol. The summed E-state index contributed by atoms with van der Waals surface area (Å²) in [5.74, 6) is 5.86. The summed E-state index contributed by atoms with van der Waals surface area (Å²) in [6, 6.07) is 5.20. The fourth-order valence-corrected chi connectivity index (χ4v) is 2.73. The molecule has 1 nitrogen and oxygen atoms in total. The van der Waals surface area contributed by atoms with Gasteiger partial charge < -0.3 is 0 Å². The van der Waals surface area contributed by atoms with E-state index in [0.717, 1.165) is 38.4 Å². The minimum absolute atomic E-state index is 0.241. The van der Waals surface area contributed by atoms with Crippen molar-refractivity contribution < 1.29 is 13.2 Å². The van der Waals surface area contributed by atoms with Crippen molar-refractivity contribution in [3.8, 4) is 11.8 Å². The van der Waals surface area contributed by atoms with Gasteiger partial charge in [0.2, 0.25) is 0 Å². The molecule has 0 radical (unpaired) electrons. The fraction of sp³-hybridized carbons (Fsp3) is 0.444. The van der Waals surface area contributed by atoms with Crippen LogP contribution in [0.25, 0.3) is 0 Å². The van der Waals surface area contributed by atoms with Crippen molar-refractivity contribution in [1.29, 1.82) is 0 Å². The first kappa shape index (κ1) is 16.6. The molecule has 1 fully saturated rings. The molecule has 1 unspecified atom stereocenters. The van der Waals surface area contributed by atoms with Crippen LogP contribution in [0.5, 0.6) is 0 Å².